The Hall–Kier alpha value is -2.71. The Kier molecular flexibility index (Phi) is 6.43. The topological polar surface area (TPSA) is 155 Å². The van der Waals surface area contributed by atoms with Crippen LogP contribution in [0.25, 0.3) is 0 Å². The van der Waals surface area contributed by atoms with Gasteiger partial charge < -0.3 is 14.7 Å². The van der Waals surface area contributed by atoms with Gasteiger partial charge in [-0.05, 0) is 24.3 Å². The van der Waals surface area contributed by atoms with Gasteiger partial charge in [0.1, 0.15) is 12.1 Å². The van der Waals surface area contributed by atoms with Crippen LogP contribution in [-0.4, -0.2) is 14.7 Å². The van der Waals surface area contributed by atoms with E-state index in [1.54, 1.807) is 18.2 Å². The van der Waals surface area contributed by atoms with Crippen molar-refractivity contribution in [3.63, 3.8) is 0 Å². The number of rotatable bonds is 2. The van der Waals surface area contributed by atoms with Crippen molar-refractivity contribution in [2.24, 2.45) is 5.84 Å². The minimum atomic E-state index is -4.64. The van der Waals surface area contributed by atoms with Crippen molar-refractivity contribution in [2.75, 3.05) is 5.01 Å². The van der Waals surface area contributed by atoms with E-state index in [0.717, 1.165) is 5.69 Å². The van der Waals surface area contributed by atoms with Crippen LogP contribution in [0.5, 0.6) is 0 Å². The number of nitriles is 2. The highest BCUT2D eigenvalue weighted by Crippen LogP contribution is 2.28. The van der Waals surface area contributed by atoms with Gasteiger partial charge in [-0.1, -0.05) is 24.3 Å². The number of hydrogen-bond acceptors (Lipinski definition) is 5. The SMILES string of the molecule is N#Cc1cccc(C#N)c1N(N)c1ccccc1.O=P(O)(O)O. The second-order valence-corrected chi connectivity index (χ2v) is 5.17. The molecule has 0 aliphatic rings. The first-order chi connectivity index (χ1) is 10.8. The molecule has 0 unspecified atom stereocenters. The zero-order valence-corrected chi connectivity index (χ0v) is 12.6. The van der Waals surface area contributed by atoms with Crippen LogP contribution in [-0.2, 0) is 4.57 Å². The summed E-state index contributed by atoms with van der Waals surface area (Å²) in [5.41, 5.74) is 1.89. The summed E-state index contributed by atoms with van der Waals surface area (Å²) in [6.07, 6.45) is 0. The highest BCUT2D eigenvalue weighted by molar-refractivity contribution is 7.45. The van der Waals surface area contributed by atoms with Gasteiger partial charge in [-0.25, -0.2) is 10.4 Å². The van der Waals surface area contributed by atoms with Crippen LogP contribution in [0.15, 0.2) is 48.5 Å². The lowest BCUT2D eigenvalue weighted by atomic mass is 10.1. The van der Waals surface area contributed by atoms with Gasteiger partial charge in [-0.15, -0.1) is 0 Å². The van der Waals surface area contributed by atoms with Gasteiger partial charge in [-0.3, -0.25) is 5.01 Å². The van der Waals surface area contributed by atoms with Crippen LogP contribution < -0.4 is 10.9 Å². The Labute approximate surface area is 132 Å². The van der Waals surface area contributed by atoms with Gasteiger partial charge in [0, 0.05) is 0 Å². The minimum absolute atomic E-state index is 0.375. The maximum absolute atomic E-state index is 9.09. The summed E-state index contributed by atoms with van der Waals surface area (Å²) in [5.74, 6) is 6.00. The van der Waals surface area contributed by atoms with E-state index in [-0.39, 0.29) is 0 Å². The predicted octanol–water partition coefficient (Wildman–Crippen LogP) is 1.51. The first-order valence-electron chi connectivity index (χ1n) is 6.09. The number of benzene rings is 2. The molecule has 2 aromatic rings. The second-order valence-electron chi connectivity index (χ2n) is 4.14. The third-order valence-electron chi connectivity index (χ3n) is 2.55. The largest absolute Gasteiger partial charge is 0.466 e. The molecule has 0 aliphatic heterocycles. The van der Waals surface area contributed by atoms with Gasteiger partial charge in [0.05, 0.1) is 22.5 Å². The number of nitrogens with zero attached hydrogens (tertiary/aromatic N) is 3. The van der Waals surface area contributed by atoms with Crippen LogP contribution in [0, 0.1) is 22.7 Å². The molecular weight excluding hydrogens is 319 g/mol. The van der Waals surface area contributed by atoms with E-state index in [1.165, 1.54) is 5.01 Å². The smallest absolute Gasteiger partial charge is 0.303 e. The quantitative estimate of drug-likeness (QED) is 0.366. The van der Waals surface area contributed by atoms with Gasteiger partial charge >= 0.3 is 7.82 Å². The van der Waals surface area contributed by atoms with Crippen molar-refractivity contribution < 1.29 is 19.2 Å². The first kappa shape index (κ1) is 18.3. The van der Waals surface area contributed by atoms with Gasteiger partial charge in [0.15, 0.2) is 0 Å². The average molecular weight is 332 g/mol. The molecule has 0 saturated carbocycles. The fraction of sp³-hybridized carbons (Fsp3) is 0. The van der Waals surface area contributed by atoms with Crippen LogP contribution in [0.3, 0.4) is 0 Å². The molecule has 5 N–H and O–H groups in total. The van der Waals surface area contributed by atoms with Crippen molar-refractivity contribution in [3.05, 3.63) is 59.7 Å². The predicted molar refractivity (Wildman–Crippen MR) is 82.9 cm³/mol. The maximum Gasteiger partial charge on any atom is 0.466 e. The van der Waals surface area contributed by atoms with Crippen molar-refractivity contribution in [3.8, 4) is 12.1 Å². The number of phosphoric acid groups is 1. The molecule has 0 heterocycles. The lowest BCUT2D eigenvalue weighted by Gasteiger charge is -2.20. The summed E-state index contributed by atoms with van der Waals surface area (Å²) >= 11 is 0. The lowest BCUT2D eigenvalue weighted by molar-refractivity contribution is 0.275. The number of hydrogen-bond donors (Lipinski definition) is 4. The molecule has 0 saturated heterocycles. The fourth-order valence-electron chi connectivity index (χ4n) is 1.70. The van der Waals surface area contributed by atoms with Crippen LogP contribution >= 0.6 is 7.82 Å². The molecule has 0 bridgehead atoms. The van der Waals surface area contributed by atoms with E-state index >= 15 is 0 Å². The normalized spacial score (nSPS) is 9.83. The van der Waals surface area contributed by atoms with E-state index in [0.29, 0.717) is 16.8 Å². The van der Waals surface area contributed by atoms with E-state index in [2.05, 4.69) is 0 Å². The van der Waals surface area contributed by atoms with E-state index in [1.807, 2.05) is 42.5 Å². The first-order valence-corrected chi connectivity index (χ1v) is 7.66. The molecule has 118 valence electrons. The van der Waals surface area contributed by atoms with Crippen LogP contribution in [0.1, 0.15) is 11.1 Å². The molecule has 0 radical (unpaired) electrons. The molecule has 0 aromatic heterocycles. The Morgan fingerprint density at radius 2 is 1.35 bits per heavy atom. The summed E-state index contributed by atoms with van der Waals surface area (Å²) < 4.78 is 8.88. The molecule has 0 amide bonds. The van der Waals surface area contributed by atoms with E-state index in [9.17, 15) is 0 Å². The molecule has 0 spiro atoms. The number of anilines is 2. The summed E-state index contributed by atoms with van der Waals surface area (Å²) in [5, 5.41) is 19.5. The molecule has 0 fully saturated rings. The molecule has 2 aromatic carbocycles. The Balaban J connectivity index is 0.000000463. The summed E-state index contributed by atoms with van der Waals surface area (Å²) in [6, 6.07) is 18.2. The summed E-state index contributed by atoms with van der Waals surface area (Å²) in [7, 11) is -4.64. The van der Waals surface area contributed by atoms with Crippen molar-refractivity contribution >= 4 is 19.2 Å². The molecule has 23 heavy (non-hydrogen) atoms. The molecule has 8 nitrogen and oxygen atoms in total. The van der Waals surface area contributed by atoms with Crippen molar-refractivity contribution in [1.29, 1.82) is 10.5 Å². The molecular formula is C14H13N4O4P. The van der Waals surface area contributed by atoms with E-state index < -0.39 is 7.82 Å². The van der Waals surface area contributed by atoms with Crippen LogP contribution in [0.4, 0.5) is 11.4 Å². The second kappa shape index (κ2) is 8.06. The third-order valence-corrected chi connectivity index (χ3v) is 2.55. The maximum atomic E-state index is 9.09. The molecule has 0 aliphatic carbocycles. The monoisotopic (exact) mass is 332 g/mol. The van der Waals surface area contributed by atoms with Gasteiger partial charge in [-0.2, -0.15) is 10.5 Å². The fourth-order valence-corrected chi connectivity index (χ4v) is 1.70. The summed E-state index contributed by atoms with van der Waals surface area (Å²) in [6.45, 7) is 0. The van der Waals surface area contributed by atoms with Crippen molar-refractivity contribution in [1.82, 2.24) is 0 Å². The minimum Gasteiger partial charge on any atom is -0.303 e. The number of para-hydroxylation sites is 2. The van der Waals surface area contributed by atoms with E-state index in [4.69, 9.17) is 35.6 Å². The zero-order chi connectivity index (χ0) is 17.5. The van der Waals surface area contributed by atoms with Gasteiger partial charge in [0.2, 0.25) is 0 Å². The number of nitrogens with two attached hydrogens (primary N) is 1. The zero-order valence-electron chi connectivity index (χ0n) is 11.7. The lowest BCUT2D eigenvalue weighted by Crippen LogP contribution is -2.26. The van der Waals surface area contributed by atoms with Crippen LogP contribution in [0.2, 0.25) is 0 Å². The Bertz CT molecular complexity index is 752. The number of hydrazine groups is 1. The Morgan fingerprint density at radius 1 is 0.913 bits per heavy atom. The highest BCUT2D eigenvalue weighted by atomic mass is 31.2. The van der Waals surface area contributed by atoms with Crippen molar-refractivity contribution in [2.45, 2.75) is 0 Å². The Morgan fingerprint density at radius 3 is 1.74 bits per heavy atom. The molecule has 0 atom stereocenters. The average Bonchev–Trinajstić information content (AvgIpc) is 2.52. The highest BCUT2D eigenvalue weighted by Gasteiger charge is 2.14. The third kappa shape index (κ3) is 5.89. The summed E-state index contributed by atoms with van der Waals surface area (Å²) in [4.78, 5) is 21.6. The van der Waals surface area contributed by atoms with Gasteiger partial charge in [0.25, 0.3) is 0 Å². The molecule has 9 heteroatoms. The molecule has 2 rings (SSSR count). The standard InChI is InChI=1S/C14H10N4.H3O4P/c15-9-11-5-4-6-12(10-16)14(11)18(17)13-7-2-1-3-8-13;1-5(2,3)4/h1-8H,17H2;(H3,1,2,3,4).